The molecule has 1 N–H and O–H groups in total. The molecule has 1 aliphatic rings. The number of hydrogen-bond donors (Lipinski definition) is 1. The zero-order valence-electron chi connectivity index (χ0n) is 24.4. The number of fused-ring (bicyclic) bond motifs is 1. The fourth-order valence-corrected chi connectivity index (χ4v) is 5.78. The predicted molar refractivity (Wildman–Crippen MR) is 159 cm³/mol. The zero-order chi connectivity index (χ0) is 29.4. The smallest absolute Gasteiger partial charge is 0.410 e. The van der Waals surface area contributed by atoms with Gasteiger partial charge in [0.15, 0.2) is 11.5 Å². The lowest BCUT2D eigenvalue weighted by molar-refractivity contribution is 0.0402. The van der Waals surface area contributed by atoms with Crippen molar-refractivity contribution in [3.63, 3.8) is 0 Å². The second-order valence-corrected chi connectivity index (χ2v) is 11.5. The SMILES string of the molecule is COCCCOc1cc(C(=O)N(C[C@@H]2CNC[C@H]2OC(=O)N(C)Cc2nc3ccccc3s2)C(C)C)ccc1OC. The van der Waals surface area contributed by atoms with Gasteiger partial charge in [-0.2, -0.15) is 0 Å². The van der Waals surface area contributed by atoms with Gasteiger partial charge in [-0.05, 0) is 44.2 Å². The number of aromatic nitrogens is 1. The summed E-state index contributed by atoms with van der Waals surface area (Å²) in [7, 11) is 4.94. The van der Waals surface area contributed by atoms with Gasteiger partial charge in [0.05, 0.1) is 30.5 Å². The van der Waals surface area contributed by atoms with E-state index in [4.69, 9.17) is 18.9 Å². The first-order valence-electron chi connectivity index (χ1n) is 13.9. The Kier molecular flexibility index (Phi) is 10.8. The van der Waals surface area contributed by atoms with Gasteiger partial charge < -0.3 is 34.1 Å². The molecule has 0 spiro atoms. The van der Waals surface area contributed by atoms with E-state index in [1.807, 2.05) is 43.0 Å². The van der Waals surface area contributed by atoms with Gasteiger partial charge in [-0.15, -0.1) is 11.3 Å². The highest BCUT2D eigenvalue weighted by atomic mass is 32.1. The highest BCUT2D eigenvalue weighted by Gasteiger charge is 2.35. The molecule has 11 heteroatoms. The summed E-state index contributed by atoms with van der Waals surface area (Å²) in [5.74, 6) is 0.916. The summed E-state index contributed by atoms with van der Waals surface area (Å²) in [6, 6.07) is 13.1. The van der Waals surface area contributed by atoms with Crippen LogP contribution in [0.3, 0.4) is 0 Å². The maximum atomic E-state index is 13.7. The molecular weight excluding hydrogens is 544 g/mol. The minimum Gasteiger partial charge on any atom is -0.493 e. The molecule has 1 aliphatic heterocycles. The lowest BCUT2D eigenvalue weighted by Gasteiger charge is -2.32. The number of rotatable bonds is 13. The van der Waals surface area contributed by atoms with E-state index < -0.39 is 6.09 Å². The molecule has 222 valence electrons. The Morgan fingerprint density at radius 2 is 1.90 bits per heavy atom. The molecule has 0 radical (unpaired) electrons. The standard InChI is InChI=1S/C30H40N4O6S/c1-20(2)34(29(35)21-11-12-24(38-5)25(15-21)39-14-8-13-37-4)18-22-16-31-17-26(22)40-30(36)33(3)19-28-32-23-9-6-7-10-27(23)41-28/h6-7,9-12,15,20,22,26,31H,8,13-14,16-19H2,1-5H3/t22-,26+/m0/s1. The number of hydrogen-bond acceptors (Lipinski definition) is 9. The molecule has 3 aromatic rings. The number of thiazole rings is 1. The molecule has 0 saturated carbocycles. The Hall–Kier alpha value is -3.41. The number of nitrogens with one attached hydrogen (secondary N) is 1. The van der Waals surface area contributed by atoms with Crippen molar-refractivity contribution >= 4 is 33.6 Å². The normalized spacial score (nSPS) is 16.6. The summed E-state index contributed by atoms with van der Waals surface area (Å²) in [5, 5.41) is 4.18. The minimum absolute atomic E-state index is 0.0517. The lowest BCUT2D eigenvalue weighted by Crippen LogP contribution is -2.44. The summed E-state index contributed by atoms with van der Waals surface area (Å²) < 4.78 is 23.4. The van der Waals surface area contributed by atoms with Crippen LogP contribution < -0.4 is 14.8 Å². The zero-order valence-corrected chi connectivity index (χ0v) is 25.2. The van der Waals surface area contributed by atoms with Crippen LogP contribution in [-0.4, -0.2) is 93.0 Å². The van der Waals surface area contributed by atoms with Crippen molar-refractivity contribution in [2.24, 2.45) is 5.92 Å². The Morgan fingerprint density at radius 3 is 2.63 bits per heavy atom. The van der Waals surface area contributed by atoms with Crippen LogP contribution in [0.1, 0.15) is 35.6 Å². The topological polar surface area (TPSA) is 102 Å². The number of para-hydroxylation sites is 1. The lowest BCUT2D eigenvalue weighted by atomic mass is 10.0. The van der Waals surface area contributed by atoms with E-state index in [1.165, 1.54) is 0 Å². The van der Waals surface area contributed by atoms with Gasteiger partial charge in [-0.3, -0.25) is 4.79 Å². The third-order valence-corrected chi connectivity index (χ3v) is 8.05. The van der Waals surface area contributed by atoms with Gasteiger partial charge in [0, 0.05) is 64.3 Å². The summed E-state index contributed by atoms with van der Waals surface area (Å²) in [6.45, 7) is 6.99. The molecule has 0 bridgehead atoms. The molecule has 41 heavy (non-hydrogen) atoms. The van der Waals surface area contributed by atoms with Crippen LogP contribution in [0, 0.1) is 5.92 Å². The maximum Gasteiger partial charge on any atom is 0.410 e. The quantitative estimate of drug-likeness (QED) is 0.295. The van der Waals surface area contributed by atoms with Crippen LogP contribution in [-0.2, 0) is 16.0 Å². The Balaban J connectivity index is 1.39. The van der Waals surface area contributed by atoms with E-state index in [-0.39, 0.29) is 24.0 Å². The van der Waals surface area contributed by atoms with Crippen molar-refractivity contribution in [1.29, 1.82) is 0 Å². The fourth-order valence-electron chi connectivity index (χ4n) is 4.76. The highest BCUT2D eigenvalue weighted by Crippen LogP contribution is 2.30. The van der Waals surface area contributed by atoms with Crippen LogP contribution >= 0.6 is 11.3 Å². The van der Waals surface area contributed by atoms with Crippen LogP contribution in [0.4, 0.5) is 4.79 Å². The van der Waals surface area contributed by atoms with E-state index in [1.54, 1.807) is 55.7 Å². The first kappa shape index (κ1) is 30.5. The summed E-state index contributed by atoms with van der Waals surface area (Å²) >= 11 is 1.57. The molecule has 1 fully saturated rings. The van der Waals surface area contributed by atoms with Crippen molar-refractivity contribution in [2.45, 2.75) is 39.0 Å². The number of methoxy groups -OCH3 is 2. The van der Waals surface area contributed by atoms with Gasteiger partial charge in [0.1, 0.15) is 11.1 Å². The molecule has 2 amide bonds. The Labute approximate surface area is 245 Å². The first-order chi connectivity index (χ1) is 19.8. The van der Waals surface area contributed by atoms with E-state index >= 15 is 0 Å². The van der Waals surface area contributed by atoms with Gasteiger partial charge >= 0.3 is 6.09 Å². The fraction of sp³-hybridized carbons (Fsp3) is 0.500. The molecule has 2 heterocycles. The molecule has 10 nitrogen and oxygen atoms in total. The molecule has 0 aliphatic carbocycles. The second kappa shape index (κ2) is 14.5. The van der Waals surface area contributed by atoms with Crippen molar-refractivity contribution < 1.29 is 28.5 Å². The molecule has 0 unspecified atom stereocenters. The van der Waals surface area contributed by atoms with Crippen LogP contribution in [0.15, 0.2) is 42.5 Å². The second-order valence-electron chi connectivity index (χ2n) is 10.4. The summed E-state index contributed by atoms with van der Waals surface area (Å²) in [6.07, 6.45) is -0.0405. The molecular formula is C30H40N4O6S. The monoisotopic (exact) mass is 584 g/mol. The average Bonchev–Trinajstić information content (AvgIpc) is 3.59. The van der Waals surface area contributed by atoms with Crippen LogP contribution in [0.5, 0.6) is 11.5 Å². The third kappa shape index (κ3) is 7.87. The van der Waals surface area contributed by atoms with Crippen molar-refractivity contribution in [2.75, 3.05) is 54.1 Å². The van der Waals surface area contributed by atoms with E-state index in [0.717, 1.165) is 21.6 Å². The first-order valence-corrected chi connectivity index (χ1v) is 14.7. The number of carbonyl (C=O) groups is 2. The van der Waals surface area contributed by atoms with Gasteiger partial charge in [0.25, 0.3) is 5.91 Å². The average molecular weight is 585 g/mol. The number of carbonyl (C=O) groups excluding carboxylic acids is 2. The van der Waals surface area contributed by atoms with Crippen LogP contribution in [0.25, 0.3) is 10.2 Å². The van der Waals surface area contributed by atoms with Crippen molar-refractivity contribution in [1.82, 2.24) is 20.1 Å². The third-order valence-electron chi connectivity index (χ3n) is 7.03. The van der Waals surface area contributed by atoms with E-state index in [9.17, 15) is 9.59 Å². The predicted octanol–water partition coefficient (Wildman–Crippen LogP) is 4.43. The Morgan fingerprint density at radius 1 is 1.10 bits per heavy atom. The number of amides is 2. The largest absolute Gasteiger partial charge is 0.493 e. The van der Waals surface area contributed by atoms with Crippen molar-refractivity contribution in [3.8, 4) is 11.5 Å². The van der Waals surface area contributed by atoms with Gasteiger partial charge in [-0.1, -0.05) is 12.1 Å². The number of nitrogens with zero attached hydrogens (tertiary/aromatic N) is 3. The number of benzene rings is 2. The van der Waals surface area contributed by atoms with Crippen LogP contribution in [0.2, 0.25) is 0 Å². The minimum atomic E-state index is -0.407. The van der Waals surface area contributed by atoms with Gasteiger partial charge in [-0.25, -0.2) is 9.78 Å². The molecule has 1 saturated heterocycles. The van der Waals surface area contributed by atoms with Crippen molar-refractivity contribution in [3.05, 3.63) is 53.0 Å². The molecule has 2 aromatic carbocycles. The Bertz CT molecular complexity index is 1280. The molecule has 1 aromatic heterocycles. The molecule has 4 rings (SSSR count). The van der Waals surface area contributed by atoms with E-state index in [2.05, 4.69) is 10.3 Å². The summed E-state index contributed by atoms with van der Waals surface area (Å²) in [5.41, 5.74) is 1.44. The van der Waals surface area contributed by atoms with E-state index in [0.29, 0.717) is 56.5 Å². The maximum absolute atomic E-state index is 13.7. The molecule has 2 atom stereocenters. The summed E-state index contributed by atoms with van der Waals surface area (Å²) in [4.78, 5) is 34.7. The van der Waals surface area contributed by atoms with Gasteiger partial charge in [0.2, 0.25) is 0 Å². The highest BCUT2D eigenvalue weighted by molar-refractivity contribution is 7.18. The number of ether oxygens (including phenoxy) is 4.